The molecule has 1 aromatic heterocycles. The summed E-state index contributed by atoms with van der Waals surface area (Å²) < 4.78 is 1.78. The van der Waals surface area contributed by atoms with Gasteiger partial charge in [-0.05, 0) is 32.0 Å². The largest absolute Gasteiger partial charge is 0.398 e. The van der Waals surface area contributed by atoms with Crippen LogP contribution in [0.15, 0.2) is 24.4 Å². The summed E-state index contributed by atoms with van der Waals surface area (Å²) >= 11 is 5.92. The third kappa shape index (κ3) is 2.77. The van der Waals surface area contributed by atoms with Crippen LogP contribution in [0, 0.1) is 6.92 Å². The second-order valence-corrected chi connectivity index (χ2v) is 5.15. The van der Waals surface area contributed by atoms with Crippen LogP contribution >= 0.6 is 11.6 Å². The maximum Gasteiger partial charge on any atom is 0.251 e. The highest BCUT2D eigenvalue weighted by atomic mass is 35.5. The molecule has 0 spiro atoms. The zero-order chi connectivity index (χ0) is 14.9. The van der Waals surface area contributed by atoms with E-state index in [1.54, 1.807) is 29.1 Å². The summed E-state index contributed by atoms with van der Waals surface area (Å²) in [6, 6.07) is 4.71. The highest BCUT2D eigenvalue weighted by molar-refractivity contribution is 6.33. The van der Waals surface area contributed by atoms with Gasteiger partial charge in [-0.25, -0.2) is 0 Å². The standard InChI is InChI=1S/C14H17ClN4O/c1-8(11-7-17-19(3)9(11)2)18-14(20)10-4-5-13(16)12(15)6-10/h4-8H,16H2,1-3H3,(H,18,20). The predicted octanol–water partition coefficient (Wildman–Crippen LogP) is 2.46. The van der Waals surface area contributed by atoms with Gasteiger partial charge in [-0.3, -0.25) is 9.48 Å². The first kappa shape index (κ1) is 14.4. The van der Waals surface area contributed by atoms with Gasteiger partial charge in [0.1, 0.15) is 0 Å². The first-order valence-electron chi connectivity index (χ1n) is 6.24. The number of halogens is 1. The summed E-state index contributed by atoms with van der Waals surface area (Å²) in [5, 5.41) is 7.47. The Morgan fingerprint density at radius 2 is 2.20 bits per heavy atom. The van der Waals surface area contributed by atoms with Crippen LogP contribution in [0.2, 0.25) is 5.02 Å². The molecule has 0 bridgehead atoms. The number of carbonyl (C=O) groups excluding carboxylic acids is 1. The second-order valence-electron chi connectivity index (χ2n) is 4.74. The normalized spacial score (nSPS) is 12.2. The molecule has 106 valence electrons. The average Bonchev–Trinajstić information content (AvgIpc) is 2.73. The van der Waals surface area contributed by atoms with Gasteiger partial charge in [0, 0.05) is 23.9 Å². The van der Waals surface area contributed by atoms with Gasteiger partial charge in [0.25, 0.3) is 5.91 Å². The molecule has 3 N–H and O–H groups in total. The average molecular weight is 293 g/mol. The smallest absolute Gasteiger partial charge is 0.251 e. The minimum absolute atomic E-state index is 0.132. The minimum Gasteiger partial charge on any atom is -0.398 e. The number of benzene rings is 1. The molecule has 1 amide bonds. The van der Waals surface area contributed by atoms with Crippen LogP contribution in [0.25, 0.3) is 0 Å². The lowest BCUT2D eigenvalue weighted by Gasteiger charge is -2.14. The van der Waals surface area contributed by atoms with E-state index < -0.39 is 0 Å². The van der Waals surface area contributed by atoms with Crippen molar-refractivity contribution in [3.05, 3.63) is 46.2 Å². The zero-order valence-corrected chi connectivity index (χ0v) is 12.4. The van der Waals surface area contributed by atoms with Crippen molar-refractivity contribution < 1.29 is 4.79 Å². The molecule has 20 heavy (non-hydrogen) atoms. The molecule has 1 heterocycles. The molecular formula is C14H17ClN4O. The van der Waals surface area contributed by atoms with Crippen molar-refractivity contribution in [2.75, 3.05) is 5.73 Å². The van der Waals surface area contributed by atoms with Crippen LogP contribution in [0.1, 0.15) is 34.6 Å². The molecule has 1 aromatic carbocycles. The molecule has 5 nitrogen and oxygen atoms in total. The molecule has 0 saturated heterocycles. The van der Waals surface area contributed by atoms with E-state index in [1.165, 1.54) is 0 Å². The third-order valence-electron chi connectivity index (χ3n) is 3.35. The van der Waals surface area contributed by atoms with Gasteiger partial charge >= 0.3 is 0 Å². The summed E-state index contributed by atoms with van der Waals surface area (Å²) in [6.07, 6.45) is 1.76. The molecule has 2 aromatic rings. The minimum atomic E-state index is -0.192. The molecule has 0 fully saturated rings. The zero-order valence-electron chi connectivity index (χ0n) is 11.6. The molecule has 0 radical (unpaired) electrons. The Labute approximate surface area is 122 Å². The number of nitrogens with two attached hydrogens (primary N) is 1. The van der Waals surface area contributed by atoms with Crippen molar-refractivity contribution in [1.29, 1.82) is 0 Å². The van der Waals surface area contributed by atoms with Crippen molar-refractivity contribution >= 4 is 23.2 Å². The fraction of sp³-hybridized carbons (Fsp3) is 0.286. The van der Waals surface area contributed by atoms with Gasteiger partial charge < -0.3 is 11.1 Å². The lowest BCUT2D eigenvalue weighted by Crippen LogP contribution is -2.27. The van der Waals surface area contributed by atoms with Crippen LogP contribution in [0.4, 0.5) is 5.69 Å². The number of carbonyl (C=O) groups is 1. The van der Waals surface area contributed by atoms with Crippen LogP contribution in [-0.4, -0.2) is 15.7 Å². The van der Waals surface area contributed by atoms with Crippen molar-refractivity contribution in [2.24, 2.45) is 7.05 Å². The molecule has 1 unspecified atom stereocenters. The molecule has 2 rings (SSSR count). The summed E-state index contributed by atoms with van der Waals surface area (Å²) in [4.78, 5) is 12.2. The molecule has 0 aliphatic rings. The quantitative estimate of drug-likeness (QED) is 0.854. The van der Waals surface area contributed by atoms with E-state index in [0.29, 0.717) is 16.3 Å². The summed E-state index contributed by atoms with van der Waals surface area (Å²) in [5.41, 5.74) is 8.58. The van der Waals surface area contributed by atoms with Gasteiger partial charge in [-0.15, -0.1) is 0 Å². The van der Waals surface area contributed by atoms with Gasteiger partial charge in [0.15, 0.2) is 0 Å². The van der Waals surface area contributed by atoms with E-state index in [9.17, 15) is 4.79 Å². The number of amides is 1. The van der Waals surface area contributed by atoms with E-state index in [4.69, 9.17) is 17.3 Å². The first-order valence-corrected chi connectivity index (χ1v) is 6.62. The summed E-state index contributed by atoms with van der Waals surface area (Å²) in [6.45, 7) is 3.88. The topological polar surface area (TPSA) is 72.9 Å². The number of hydrogen-bond acceptors (Lipinski definition) is 3. The molecule has 0 aliphatic heterocycles. The Balaban J connectivity index is 2.15. The van der Waals surface area contributed by atoms with E-state index in [-0.39, 0.29) is 11.9 Å². The number of nitrogen functional groups attached to an aromatic ring is 1. The molecule has 0 saturated carbocycles. The number of hydrogen-bond donors (Lipinski definition) is 2. The highest BCUT2D eigenvalue weighted by Crippen LogP contribution is 2.21. The Morgan fingerprint density at radius 3 is 2.75 bits per heavy atom. The Kier molecular flexibility index (Phi) is 3.99. The number of aromatic nitrogens is 2. The van der Waals surface area contributed by atoms with Crippen LogP contribution < -0.4 is 11.1 Å². The maximum absolute atomic E-state index is 12.2. The van der Waals surface area contributed by atoms with Gasteiger partial charge in [-0.1, -0.05) is 11.6 Å². The fourth-order valence-corrected chi connectivity index (χ4v) is 2.15. The molecule has 0 aliphatic carbocycles. The fourth-order valence-electron chi connectivity index (χ4n) is 1.97. The molecule has 1 atom stereocenters. The van der Waals surface area contributed by atoms with E-state index in [0.717, 1.165) is 11.3 Å². The number of nitrogens with zero attached hydrogens (tertiary/aromatic N) is 2. The monoisotopic (exact) mass is 292 g/mol. The Bertz CT molecular complexity index is 651. The van der Waals surface area contributed by atoms with Crippen molar-refractivity contribution in [1.82, 2.24) is 15.1 Å². The lowest BCUT2D eigenvalue weighted by molar-refractivity contribution is 0.0940. The lowest BCUT2D eigenvalue weighted by atomic mass is 10.1. The Hall–Kier alpha value is -2.01. The summed E-state index contributed by atoms with van der Waals surface area (Å²) in [7, 11) is 1.87. The number of anilines is 1. The number of aryl methyl sites for hydroxylation is 1. The van der Waals surface area contributed by atoms with Crippen LogP contribution in [0.5, 0.6) is 0 Å². The SMILES string of the molecule is Cc1c(C(C)NC(=O)c2ccc(N)c(Cl)c2)cnn1C. The highest BCUT2D eigenvalue weighted by Gasteiger charge is 2.16. The van der Waals surface area contributed by atoms with Crippen molar-refractivity contribution in [2.45, 2.75) is 19.9 Å². The van der Waals surface area contributed by atoms with Gasteiger partial charge in [-0.2, -0.15) is 5.10 Å². The van der Waals surface area contributed by atoms with E-state index >= 15 is 0 Å². The van der Waals surface area contributed by atoms with E-state index in [2.05, 4.69) is 10.4 Å². The Morgan fingerprint density at radius 1 is 1.50 bits per heavy atom. The van der Waals surface area contributed by atoms with E-state index in [1.807, 2.05) is 20.9 Å². The molecular weight excluding hydrogens is 276 g/mol. The van der Waals surface area contributed by atoms with Crippen molar-refractivity contribution in [3.8, 4) is 0 Å². The van der Waals surface area contributed by atoms with Gasteiger partial charge in [0.05, 0.1) is 22.9 Å². The van der Waals surface area contributed by atoms with Crippen molar-refractivity contribution in [3.63, 3.8) is 0 Å². The second kappa shape index (κ2) is 5.54. The van der Waals surface area contributed by atoms with Crippen LogP contribution in [-0.2, 0) is 7.05 Å². The molecule has 6 heteroatoms. The number of nitrogens with one attached hydrogen (secondary N) is 1. The first-order chi connectivity index (χ1) is 9.40. The summed E-state index contributed by atoms with van der Waals surface area (Å²) in [5.74, 6) is -0.192. The van der Waals surface area contributed by atoms with Crippen LogP contribution in [0.3, 0.4) is 0 Å². The number of rotatable bonds is 3. The third-order valence-corrected chi connectivity index (χ3v) is 3.68. The predicted molar refractivity (Wildman–Crippen MR) is 79.7 cm³/mol. The van der Waals surface area contributed by atoms with Gasteiger partial charge in [0.2, 0.25) is 0 Å². The maximum atomic E-state index is 12.2.